The van der Waals surface area contributed by atoms with E-state index in [1.54, 1.807) is 13.1 Å². The molecule has 104 valence electrons. The molecule has 0 saturated heterocycles. The van der Waals surface area contributed by atoms with Gasteiger partial charge in [-0.1, -0.05) is 13.8 Å². The van der Waals surface area contributed by atoms with E-state index in [0.29, 0.717) is 10.1 Å². The lowest BCUT2D eigenvalue weighted by molar-refractivity contribution is 0.316. The average molecular weight is 310 g/mol. The normalized spacial score (nSPS) is 14.4. The van der Waals surface area contributed by atoms with Crippen molar-refractivity contribution < 1.29 is 8.42 Å². The number of halogens is 1. The smallest absolute Gasteiger partial charge is 0.206 e. The molecule has 0 aliphatic carbocycles. The zero-order valence-corrected chi connectivity index (χ0v) is 13.8. The first kappa shape index (κ1) is 16.0. The molecule has 0 saturated carbocycles. The van der Waals surface area contributed by atoms with Gasteiger partial charge < -0.3 is 0 Å². The van der Waals surface area contributed by atoms with E-state index in [2.05, 4.69) is 0 Å². The van der Waals surface area contributed by atoms with Gasteiger partial charge in [-0.25, -0.2) is 8.42 Å². The molecule has 6 heteroatoms. The highest BCUT2D eigenvalue weighted by Gasteiger charge is 2.28. The fourth-order valence-corrected chi connectivity index (χ4v) is 5.02. The molecule has 0 N–H and O–H groups in total. The Labute approximate surface area is 119 Å². The van der Waals surface area contributed by atoms with Gasteiger partial charge in [0.1, 0.15) is 4.21 Å². The predicted octanol–water partition coefficient (Wildman–Crippen LogP) is 3.46. The number of hydrogen-bond acceptors (Lipinski definition) is 3. The Hall–Kier alpha value is -0.100. The minimum absolute atomic E-state index is 0.0307. The van der Waals surface area contributed by atoms with Crippen molar-refractivity contribution in [3.05, 3.63) is 16.5 Å². The summed E-state index contributed by atoms with van der Waals surface area (Å²) >= 11 is 7.05. The first-order valence-corrected chi connectivity index (χ1v) is 8.64. The van der Waals surface area contributed by atoms with Gasteiger partial charge in [0.2, 0.25) is 0 Å². The molecule has 0 aromatic carbocycles. The third-order valence-electron chi connectivity index (χ3n) is 3.29. The molecule has 1 aromatic rings. The number of alkyl halides is 1. The second-order valence-electron chi connectivity index (χ2n) is 4.81. The monoisotopic (exact) mass is 309 g/mol. The van der Waals surface area contributed by atoms with Crippen molar-refractivity contribution in [1.29, 1.82) is 0 Å². The van der Waals surface area contributed by atoms with Gasteiger partial charge in [-0.15, -0.1) is 22.9 Å². The average Bonchev–Trinajstić information content (AvgIpc) is 2.68. The van der Waals surface area contributed by atoms with Crippen LogP contribution in [0.1, 0.15) is 31.2 Å². The number of nitrogens with zero attached hydrogens (tertiary/aromatic N) is 1. The summed E-state index contributed by atoms with van der Waals surface area (Å²) in [5.74, 6) is 0.633. The Kier molecular flexibility index (Phi) is 5.23. The minimum atomic E-state index is -3.40. The lowest BCUT2D eigenvalue weighted by Gasteiger charge is -2.26. The van der Waals surface area contributed by atoms with Crippen molar-refractivity contribution in [1.82, 2.24) is 4.31 Å². The fraction of sp³-hybridized carbons (Fsp3) is 0.667. The maximum absolute atomic E-state index is 12.5. The highest BCUT2D eigenvalue weighted by atomic mass is 35.5. The van der Waals surface area contributed by atoms with Gasteiger partial charge >= 0.3 is 0 Å². The van der Waals surface area contributed by atoms with Gasteiger partial charge in [0.15, 0.2) is 0 Å². The summed E-state index contributed by atoms with van der Waals surface area (Å²) in [5, 5.41) is 0. The fourth-order valence-electron chi connectivity index (χ4n) is 1.53. The number of rotatable bonds is 5. The van der Waals surface area contributed by atoms with Crippen LogP contribution in [0.25, 0.3) is 0 Å². The number of hydrogen-bond donors (Lipinski definition) is 0. The van der Waals surface area contributed by atoms with Gasteiger partial charge in [-0.2, -0.15) is 4.31 Å². The summed E-state index contributed by atoms with van der Waals surface area (Å²) < 4.78 is 26.7. The van der Waals surface area contributed by atoms with E-state index in [4.69, 9.17) is 11.6 Å². The van der Waals surface area contributed by atoms with Crippen LogP contribution < -0.4 is 0 Å². The topological polar surface area (TPSA) is 37.4 Å². The molecule has 0 aliphatic heterocycles. The van der Waals surface area contributed by atoms with Gasteiger partial charge in [-0.3, -0.25) is 0 Å². The summed E-state index contributed by atoms with van der Waals surface area (Å²) in [6.45, 7) is 7.84. The van der Waals surface area contributed by atoms with Crippen LogP contribution in [-0.4, -0.2) is 25.8 Å². The van der Waals surface area contributed by atoms with Crippen LogP contribution in [0.3, 0.4) is 0 Å². The molecular formula is C12H20ClNO2S2. The van der Waals surface area contributed by atoms with Crippen molar-refractivity contribution in [3.8, 4) is 0 Å². The van der Waals surface area contributed by atoms with Gasteiger partial charge in [0.25, 0.3) is 10.0 Å². The molecule has 1 unspecified atom stereocenters. The standard InChI is InChI=1S/C12H20ClNO2S2/c1-8(2)10(4)14(5)18(15,16)12-6-9(3)11(7-13)17-12/h6,8,10H,7H2,1-5H3. The minimum Gasteiger partial charge on any atom is -0.206 e. The SMILES string of the molecule is Cc1cc(S(=O)(=O)N(C)C(C)C(C)C)sc1CCl. The van der Waals surface area contributed by atoms with Crippen LogP contribution in [0.5, 0.6) is 0 Å². The lowest BCUT2D eigenvalue weighted by Crippen LogP contribution is -2.37. The molecule has 1 aromatic heterocycles. The zero-order chi connectivity index (χ0) is 14.1. The third kappa shape index (κ3) is 3.07. The van der Waals surface area contributed by atoms with Crippen LogP contribution in [0.2, 0.25) is 0 Å². The van der Waals surface area contributed by atoms with Crippen LogP contribution in [-0.2, 0) is 15.9 Å². The van der Waals surface area contributed by atoms with E-state index in [1.165, 1.54) is 15.6 Å². The summed E-state index contributed by atoms with van der Waals surface area (Å²) in [7, 11) is -1.77. The predicted molar refractivity (Wildman–Crippen MR) is 77.9 cm³/mol. The van der Waals surface area contributed by atoms with Gasteiger partial charge in [0, 0.05) is 18.0 Å². The van der Waals surface area contributed by atoms with Crippen molar-refractivity contribution in [3.63, 3.8) is 0 Å². The summed E-state index contributed by atoms with van der Waals surface area (Å²) in [6.07, 6.45) is 0. The number of thiophene rings is 1. The maximum atomic E-state index is 12.5. The molecule has 0 radical (unpaired) electrons. The number of sulfonamides is 1. The van der Waals surface area contributed by atoms with E-state index in [-0.39, 0.29) is 12.0 Å². The Balaban J connectivity index is 3.13. The van der Waals surface area contributed by atoms with E-state index in [1.807, 2.05) is 27.7 Å². The summed E-state index contributed by atoms with van der Waals surface area (Å²) in [6, 6.07) is 1.68. The van der Waals surface area contributed by atoms with Crippen LogP contribution in [0, 0.1) is 12.8 Å². The highest BCUT2D eigenvalue weighted by molar-refractivity contribution is 7.91. The Morgan fingerprint density at radius 2 is 1.94 bits per heavy atom. The van der Waals surface area contributed by atoms with Crippen LogP contribution >= 0.6 is 22.9 Å². The van der Waals surface area contributed by atoms with Crippen LogP contribution in [0.15, 0.2) is 10.3 Å². The second kappa shape index (κ2) is 5.90. The van der Waals surface area contributed by atoms with Gasteiger partial charge in [-0.05, 0) is 31.4 Å². The molecule has 1 heterocycles. The van der Waals surface area contributed by atoms with Crippen molar-refractivity contribution in [2.45, 2.75) is 43.8 Å². The first-order chi connectivity index (χ1) is 8.21. The second-order valence-corrected chi connectivity index (χ2v) is 8.44. The highest BCUT2D eigenvalue weighted by Crippen LogP contribution is 2.30. The molecule has 0 aliphatic rings. The summed E-state index contributed by atoms with van der Waals surface area (Å²) in [5.41, 5.74) is 0.944. The molecule has 0 spiro atoms. The van der Waals surface area contributed by atoms with Crippen LogP contribution in [0.4, 0.5) is 0 Å². The van der Waals surface area contributed by atoms with Gasteiger partial charge in [0.05, 0.1) is 5.88 Å². The zero-order valence-electron chi connectivity index (χ0n) is 11.4. The van der Waals surface area contributed by atoms with E-state index in [9.17, 15) is 8.42 Å². The molecular weight excluding hydrogens is 290 g/mol. The molecule has 18 heavy (non-hydrogen) atoms. The van der Waals surface area contributed by atoms with Crippen molar-refractivity contribution >= 4 is 33.0 Å². The number of aryl methyl sites for hydroxylation is 1. The van der Waals surface area contributed by atoms with E-state index >= 15 is 0 Å². The molecule has 0 amide bonds. The summed E-state index contributed by atoms with van der Waals surface area (Å²) in [4.78, 5) is 0.917. The quantitative estimate of drug-likeness (QED) is 0.781. The first-order valence-electron chi connectivity index (χ1n) is 5.85. The molecule has 1 atom stereocenters. The van der Waals surface area contributed by atoms with Crippen molar-refractivity contribution in [2.24, 2.45) is 5.92 Å². The molecule has 0 fully saturated rings. The molecule has 1 rings (SSSR count). The molecule has 3 nitrogen and oxygen atoms in total. The largest absolute Gasteiger partial charge is 0.252 e. The van der Waals surface area contributed by atoms with Crippen molar-refractivity contribution in [2.75, 3.05) is 7.05 Å². The Morgan fingerprint density at radius 3 is 2.33 bits per heavy atom. The third-order valence-corrected chi connectivity index (χ3v) is 7.35. The molecule has 0 bridgehead atoms. The Morgan fingerprint density at radius 1 is 1.39 bits per heavy atom. The Bertz CT molecular complexity index is 508. The van der Waals surface area contributed by atoms with E-state index in [0.717, 1.165) is 10.4 Å². The maximum Gasteiger partial charge on any atom is 0.252 e. The van der Waals surface area contributed by atoms with E-state index < -0.39 is 10.0 Å². The lowest BCUT2D eigenvalue weighted by atomic mass is 10.1.